The lowest BCUT2D eigenvalue weighted by molar-refractivity contribution is 0.465. The molecular formula is C20H31N5. The van der Waals surface area contributed by atoms with Crippen LogP contribution in [0, 0.1) is 0 Å². The van der Waals surface area contributed by atoms with E-state index in [1.807, 2.05) is 18.5 Å². The lowest BCUT2D eigenvalue weighted by atomic mass is 10.2. The fraction of sp³-hybridized carbons (Fsp3) is 0.500. The van der Waals surface area contributed by atoms with E-state index < -0.39 is 0 Å². The molecule has 2 rings (SSSR count). The Kier molecular flexibility index (Phi) is 8.02. The van der Waals surface area contributed by atoms with Gasteiger partial charge >= 0.3 is 0 Å². The molecule has 2 aromatic rings. The Labute approximate surface area is 151 Å². The van der Waals surface area contributed by atoms with Crippen molar-refractivity contribution < 1.29 is 0 Å². The van der Waals surface area contributed by atoms with Gasteiger partial charge in [-0.2, -0.15) is 0 Å². The molecule has 0 aliphatic rings. The maximum Gasteiger partial charge on any atom is 0.193 e. The van der Waals surface area contributed by atoms with Gasteiger partial charge in [0.05, 0.1) is 0 Å². The molecule has 0 amide bonds. The molecule has 1 heterocycles. The van der Waals surface area contributed by atoms with Crippen molar-refractivity contribution in [2.75, 3.05) is 26.7 Å². The van der Waals surface area contributed by atoms with E-state index >= 15 is 0 Å². The average molecular weight is 342 g/mol. The van der Waals surface area contributed by atoms with Crippen LogP contribution in [0.5, 0.6) is 0 Å². The summed E-state index contributed by atoms with van der Waals surface area (Å²) in [5.74, 6) is 2.07. The van der Waals surface area contributed by atoms with Crippen molar-refractivity contribution in [2.24, 2.45) is 4.99 Å². The molecule has 136 valence electrons. The summed E-state index contributed by atoms with van der Waals surface area (Å²) in [6, 6.07) is 10.5. The normalized spacial score (nSPS) is 11.6. The van der Waals surface area contributed by atoms with E-state index in [4.69, 9.17) is 4.99 Å². The molecule has 0 saturated carbocycles. The van der Waals surface area contributed by atoms with E-state index in [0.717, 1.165) is 44.4 Å². The number of benzene rings is 1. The van der Waals surface area contributed by atoms with Gasteiger partial charge in [-0.25, -0.2) is 4.98 Å². The van der Waals surface area contributed by atoms with Crippen LogP contribution in [-0.2, 0) is 13.0 Å². The molecule has 0 saturated heterocycles. The van der Waals surface area contributed by atoms with Gasteiger partial charge in [0.1, 0.15) is 5.82 Å². The van der Waals surface area contributed by atoms with E-state index in [0.29, 0.717) is 0 Å². The summed E-state index contributed by atoms with van der Waals surface area (Å²) >= 11 is 0. The highest BCUT2D eigenvalue weighted by Crippen LogP contribution is 2.06. The van der Waals surface area contributed by atoms with Gasteiger partial charge in [0.25, 0.3) is 0 Å². The minimum Gasteiger partial charge on any atom is -0.357 e. The first-order chi connectivity index (χ1) is 12.2. The predicted molar refractivity (Wildman–Crippen MR) is 105 cm³/mol. The summed E-state index contributed by atoms with van der Waals surface area (Å²) in [5.41, 5.74) is 1.29. The molecule has 0 atom stereocenters. The third-order valence-electron chi connectivity index (χ3n) is 4.14. The van der Waals surface area contributed by atoms with Gasteiger partial charge in [-0.1, -0.05) is 43.7 Å². The Morgan fingerprint density at radius 3 is 2.76 bits per heavy atom. The monoisotopic (exact) mass is 341 g/mol. The van der Waals surface area contributed by atoms with Crippen LogP contribution >= 0.6 is 0 Å². The summed E-state index contributed by atoms with van der Waals surface area (Å²) < 4.78 is 2.21. The molecule has 1 aromatic carbocycles. The Hall–Kier alpha value is -2.30. The van der Waals surface area contributed by atoms with Crippen molar-refractivity contribution >= 4 is 5.96 Å². The largest absolute Gasteiger partial charge is 0.357 e. The van der Waals surface area contributed by atoms with Crippen molar-refractivity contribution in [3.05, 3.63) is 54.1 Å². The molecule has 0 radical (unpaired) electrons. The second kappa shape index (κ2) is 10.5. The highest BCUT2D eigenvalue weighted by molar-refractivity contribution is 5.79. The highest BCUT2D eigenvalue weighted by atomic mass is 15.3. The zero-order valence-corrected chi connectivity index (χ0v) is 15.8. The summed E-state index contributed by atoms with van der Waals surface area (Å²) in [6.45, 7) is 7.84. The Morgan fingerprint density at radius 1 is 1.24 bits per heavy atom. The van der Waals surface area contributed by atoms with Gasteiger partial charge in [0.2, 0.25) is 0 Å². The number of hydrogen-bond acceptors (Lipinski definition) is 2. The van der Waals surface area contributed by atoms with Crippen LogP contribution in [0.2, 0.25) is 0 Å². The number of nitrogens with zero attached hydrogens (tertiary/aromatic N) is 4. The molecule has 0 aliphatic heterocycles. The summed E-state index contributed by atoms with van der Waals surface area (Å²) in [6.07, 6.45) is 7.14. The first-order valence-corrected chi connectivity index (χ1v) is 9.28. The maximum absolute atomic E-state index is 4.77. The zero-order valence-electron chi connectivity index (χ0n) is 15.8. The van der Waals surface area contributed by atoms with Gasteiger partial charge in [-0.05, 0) is 18.9 Å². The number of nitrogens with one attached hydrogen (secondary N) is 1. The van der Waals surface area contributed by atoms with Crippen molar-refractivity contribution in [3.8, 4) is 0 Å². The van der Waals surface area contributed by atoms with Crippen molar-refractivity contribution in [1.82, 2.24) is 19.8 Å². The average Bonchev–Trinajstić information content (AvgIpc) is 3.07. The predicted octanol–water partition coefficient (Wildman–Crippen LogP) is 3.17. The number of imidazole rings is 1. The second-order valence-corrected chi connectivity index (χ2v) is 6.22. The van der Waals surface area contributed by atoms with Gasteiger partial charge in [0, 0.05) is 52.0 Å². The molecule has 1 aromatic heterocycles. The maximum atomic E-state index is 4.77. The number of rotatable bonds is 9. The lowest BCUT2D eigenvalue weighted by Gasteiger charge is -2.21. The lowest BCUT2D eigenvalue weighted by Crippen LogP contribution is -2.39. The van der Waals surface area contributed by atoms with Crippen molar-refractivity contribution in [3.63, 3.8) is 0 Å². The number of aromatic nitrogens is 2. The summed E-state index contributed by atoms with van der Waals surface area (Å²) in [4.78, 5) is 11.5. The minimum absolute atomic E-state index is 0.741. The third kappa shape index (κ3) is 6.25. The van der Waals surface area contributed by atoms with E-state index in [1.54, 1.807) is 0 Å². The molecule has 25 heavy (non-hydrogen) atoms. The number of aliphatic imine (C=N–C) groups is 1. The smallest absolute Gasteiger partial charge is 0.193 e. The fourth-order valence-corrected chi connectivity index (χ4v) is 2.72. The highest BCUT2D eigenvalue weighted by Gasteiger charge is 2.06. The standard InChI is InChI=1S/C20H31N5/c1-4-6-15-24(3)20(21-5-2)23-13-12-19-22-14-16-25(19)17-18-10-8-7-9-11-18/h7-11,14,16H,4-6,12-13,15,17H2,1-3H3,(H,21,23). The van der Waals surface area contributed by atoms with E-state index in [-0.39, 0.29) is 0 Å². The number of guanidine groups is 1. The Bertz CT molecular complexity index is 633. The van der Waals surface area contributed by atoms with Crippen LogP contribution in [0.15, 0.2) is 47.7 Å². The van der Waals surface area contributed by atoms with Crippen LogP contribution in [0.4, 0.5) is 0 Å². The summed E-state index contributed by atoms with van der Waals surface area (Å²) in [5, 5.41) is 3.37. The van der Waals surface area contributed by atoms with Gasteiger partial charge in [-0.15, -0.1) is 0 Å². The van der Waals surface area contributed by atoms with E-state index in [9.17, 15) is 0 Å². The Morgan fingerprint density at radius 2 is 2.04 bits per heavy atom. The number of hydrogen-bond donors (Lipinski definition) is 1. The minimum atomic E-state index is 0.741. The van der Waals surface area contributed by atoms with Crippen LogP contribution in [0.3, 0.4) is 0 Å². The van der Waals surface area contributed by atoms with Gasteiger partial charge in [-0.3, -0.25) is 4.99 Å². The van der Waals surface area contributed by atoms with E-state index in [1.165, 1.54) is 18.4 Å². The molecule has 0 fully saturated rings. The molecule has 0 bridgehead atoms. The second-order valence-electron chi connectivity index (χ2n) is 6.22. The van der Waals surface area contributed by atoms with Crippen LogP contribution < -0.4 is 5.32 Å². The van der Waals surface area contributed by atoms with Crippen molar-refractivity contribution in [2.45, 2.75) is 39.7 Å². The van der Waals surface area contributed by atoms with E-state index in [2.05, 4.69) is 64.9 Å². The van der Waals surface area contributed by atoms with Crippen LogP contribution in [0.1, 0.15) is 38.1 Å². The van der Waals surface area contributed by atoms with Gasteiger partial charge in [0.15, 0.2) is 5.96 Å². The van der Waals surface area contributed by atoms with Crippen molar-refractivity contribution in [1.29, 1.82) is 0 Å². The first kappa shape index (κ1) is 19.0. The molecule has 0 aliphatic carbocycles. The fourth-order valence-electron chi connectivity index (χ4n) is 2.72. The zero-order chi connectivity index (χ0) is 17.9. The Balaban J connectivity index is 1.94. The van der Waals surface area contributed by atoms with Gasteiger partial charge < -0.3 is 14.8 Å². The van der Waals surface area contributed by atoms with Crippen LogP contribution in [-0.4, -0.2) is 47.1 Å². The molecule has 0 unspecified atom stereocenters. The van der Waals surface area contributed by atoms with Crippen LogP contribution in [0.25, 0.3) is 0 Å². The topological polar surface area (TPSA) is 45.5 Å². The SMILES string of the molecule is CCCCN(C)C(=NCCc1nccn1Cc1ccccc1)NCC. The molecule has 5 heteroatoms. The molecular weight excluding hydrogens is 310 g/mol. The quantitative estimate of drug-likeness (QED) is 0.563. The molecule has 5 nitrogen and oxygen atoms in total. The first-order valence-electron chi connectivity index (χ1n) is 9.28. The number of unbranched alkanes of at least 4 members (excludes halogenated alkanes) is 1. The third-order valence-corrected chi connectivity index (χ3v) is 4.14. The molecule has 0 spiro atoms. The molecule has 1 N–H and O–H groups in total. The summed E-state index contributed by atoms with van der Waals surface area (Å²) in [7, 11) is 2.10.